The lowest BCUT2D eigenvalue weighted by Gasteiger charge is -2.21. The first-order valence-electron chi connectivity index (χ1n) is 7.14. The molecular formula is C14H22N4. The molecule has 2 aliphatic rings. The van der Waals surface area contributed by atoms with E-state index >= 15 is 0 Å². The maximum atomic E-state index is 4.51. The molecular weight excluding hydrogens is 224 g/mol. The van der Waals surface area contributed by atoms with Crippen LogP contribution < -0.4 is 5.32 Å². The van der Waals surface area contributed by atoms with Crippen molar-refractivity contribution in [3.8, 4) is 0 Å². The van der Waals surface area contributed by atoms with Gasteiger partial charge in [-0.05, 0) is 38.5 Å². The van der Waals surface area contributed by atoms with Gasteiger partial charge in [-0.1, -0.05) is 0 Å². The summed E-state index contributed by atoms with van der Waals surface area (Å²) in [6.07, 6.45) is 9.36. The van der Waals surface area contributed by atoms with Crippen LogP contribution in [0.1, 0.15) is 38.3 Å². The highest BCUT2D eigenvalue weighted by molar-refractivity contribution is 5.30. The van der Waals surface area contributed by atoms with Crippen LogP contribution in [0.3, 0.4) is 0 Å². The molecule has 0 amide bonds. The SMILES string of the molecule is CCNc1cnc(CN(CC2CC2)C2CC2)cn1. The van der Waals surface area contributed by atoms with Crippen LogP contribution in [0, 0.1) is 5.92 Å². The second-order valence-corrected chi connectivity index (χ2v) is 5.53. The van der Waals surface area contributed by atoms with Crippen LogP contribution in [-0.2, 0) is 6.54 Å². The molecule has 2 saturated carbocycles. The standard InChI is InChI=1S/C14H22N4/c1-2-15-14-8-16-12(7-17-14)10-18(13-5-6-13)9-11-3-4-11/h7-8,11,13H,2-6,9-10H2,1H3,(H,15,17). The number of hydrogen-bond donors (Lipinski definition) is 1. The first kappa shape index (κ1) is 11.9. The fourth-order valence-electron chi connectivity index (χ4n) is 2.33. The summed E-state index contributed by atoms with van der Waals surface area (Å²) in [5, 5.41) is 3.18. The van der Waals surface area contributed by atoms with Crippen molar-refractivity contribution < 1.29 is 0 Å². The van der Waals surface area contributed by atoms with E-state index in [2.05, 4.69) is 27.1 Å². The van der Waals surface area contributed by atoms with Crippen LogP contribution in [0.5, 0.6) is 0 Å². The second kappa shape index (κ2) is 5.22. The fourth-order valence-corrected chi connectivity index (χ4v) is 2.33. The molecule has 4 nitrogen and oxygen atoms in total. The summed E-state index contributed by atoms with van der Waals surface area (Å²) in [5.74, 6) is 1.83. The van der Waals surface area contributed by atoms with Gasteiger partial charge in [-0.25, -0.2) is 4.98 Å². The molecule has 2 fully saturated rings. The van der Waals surface area contributed by atoms with Gasteiger partial charge in [0.05, 0.1) is 18.1 Å². The Morgan fingerprint density at radius 1 is 1.22 bits per heavy atom. The highest BCUT2D eigenvalue weighted by atomic mass is 15.2. The molecule has 2 aliphatic carbocycles. The van der Waals surface area contributed by atoms with E-state index in [4.69, 9.17) is 0 Å². The third kappa shape index (κ3) is 3.19. The van der Waals surface area contributed by atoms with Crippen LogP contribution in [-0.4, -0.2) is 34.0 Å². The molecule has 0 unspecified atom stereocenters. The highest BCUT2D eigenvalue weighted by Gasteiger charge is 2.33. The second-order valence-electron chi connectivity index (χ2n) is 5.53. The Morgan fingerprint density at radius 2 is 2.06 bits per heavy atom. The molecule has 0 atom stereocenters. The first-order chi connectivity index (χ1) is 8.85. The summed E-state index contributed by atoms with van der Waals surface area (Å²) in [5.41, 5.74) is 1.10. The van der Waals surface area contributed by atoms with Crippen molar-refractivity contribution in [2.24, 2.45) is 5.92 Å². The van der Waals surface area contributed by atoms with Gasteiger partial charge in [-0.15, -0.1) is 0 Å². The third-order valence-electron chi connectivity index (χ3n) is 3.68. The summed E-state index contributed by atoms with van der Waals surface area (Å²) in [6.45, 7) is 5.20. The zero-order valence-electron chi connectivity index (χ0n) is 11.1. The predicted octanol–water partition coefficient (Wildman–Crippen LogP) is 2.28. The molecule has 0 spiro atoms. The minimum absolute atomic E-state index is 0.820. The average Bonchev–Trinajstić information content (AvgIpc) is 3.25. The Hall–Kier alpha value is -1.16. The smallest absolute Gasteiger partial charge is 0.144 e. The number of anilines is 1. The summed E-state index contributed by atoms with van der Waals surface area (Å²) >= 11 is 0. The molecule has 18 heavy (non-hydrogen) atoms. The largest absolute Gasteiger partial charge is 0.369 e. The monoisotopic (exact) mass is 246 g/mol. The Labute approximate surface area is 109 Å². The summed E-state index contributed by atoms with van der Waals surface area (Å²) in [6, 6.07) is 0.820. The molecule has 0 saturated heterocycles. The van der Waals surface area contributed by atoms with Crippen molar-refractivity contribution in [2.45, 2.75) is 45.2 Å². The highest BCUT2D eigenvalue weighted by Crippen LogP contribution is 2.35. The average molecular weight is 246 g/mol. The lowest BCUT2D eigenvalue weighted by molar-refractivity contribution is 0.241. The molecule has 1 N–H and O–H groups in total. The molecule has 1 heterocycles. The molecule has 98 valence electrons. The lowest BCUT2D eigenvalue weighted by atomic mass is 10.3. The maximum absolute atomic E-state index is 4.51. The van der Waals surface area contributed by atoms with Gasteiger partial charge in [-0.3, -0.25) is 9.88 Å². The van der Waals surface area contributed by atoms with Crippen LogP contribution in [0.2, 0.25) is 0 Å². The van der Waals surface area contributed by atoms with Gasteiger partial charge in [0.15, 0.2) is 0 Å². The lowest BCUT2D eigenvalue weighted by Crippen LogP contribution is -2.28. The van der Waals surface area contributed by atoms with Crippen LogP contribution in [0.25, 0.3) is 0 Å². The van der Waals surface area contributed by atoms with Crippen molar-refractivity contribution in [3.63, 3.8) is 0 Å². The minimum atomic E-state index is 0.820. The normalized spacial score (nSPS) is 19.2. The Bertz CT molecular complexity index is 381. The number of nitrogens with one attached hydrogen (secondary N) is 1. The van der Waals surface area contributed by atoms with Gasteiger partial charge >= 0.3 is 0 Å². The van der Waals surface area contributed by atoms with E-state index in [1.54, 1.807) is 0 Å². The zero-order chi connectivity index (χ0) is 12.4. The van der Waals surface area contributed by atoms with Crippen molar-refractivity contribution >= 4 is 5.82 Å². The number of hydrogen-bond acceptors (Lipinski definition) is 4. The Balaban J connectivity index is 1.58. The van der Waals surface area contributed by atoms with Crippen LogP contribution >= 0.6 is 0 Å². The molecule has 0 radical (unpaired) electrons. The molecule has 4 heteroatoms. The third-order valence-corrected chi connectivity index (χ3v) is 3.68. The predicted molar refractivity (Wildman–Crippen MR) is 72.4 cm³/mol. The molecule has 0 bridgehead atoms. The van der Waals surface area contributed by atoms with E-state index in [9.17, 15) is 0 Å². The van der Waals surface area contributed by atoms with E-state index < -0.39 is 0 Å². The van der Waals surface area contributed by atoms with Crippen molar-refractivity contribution in [3.05, 3.63) is 18.1 Å². The number of nitrogens with zero attached hydrogens (tertiary/aromatic N) is 3. The van der Waals surface area contributed by atoms with Crippen LogP contribution in [0.15, 0.2) is 12.4 Å². The number of aromatic nitrogens is 2. The first-order valence-corrected chi connectivity index (χ1v) is 7.14. The molecule has 1 aromatic heterocycles. The van der Waals surface area contributed by atoms with Gasteiger partial charge in [0.25, 0.3) is 0 Å². The van der Waals surface area contributed by atoms with Crippen LogP contribution in [0.4, 0.5) is 5.82 Å². The van der Waals surface area contributed by atoms with E-state index in [0.29, 0.717) is 0 Å². The Kier molecular flexibility index (Phi) is 3.46. The molecule has 0 aromatic carbocycles. The van der Waals surface area contributed by atoms with Gasteiger partial charge in [0.2, 0.25) is 0 Å². The molecule has 3 rings (SSSR count). The van der Waals surface area contributed by atoms with E-state index in [1.807, 2.05) is 12.4 Å². The van der Waals surface area contributed by atoms with Gasteiger partial charge in [0.1, 0.15) is 5.82 Å². The van der Waals surface area contributed by atoms with Gasteiger partial charge in [-0.2, -0.15) is 0 Å². The maximum Gasteiger partial charge on any atom is 0.144 e. The molecule has 1 aromatic rings. The van der Waals surface area contributed by atoms with E-state index in [1.165, 1.54) is 32.2 Å². The minimum Gasteiger partial charge on any atom is -0.369 e. The zero-order valence-corrected chi connectivity index (χ0v) is 11.1. The quantitative estimate of drug-likeness (QED) is 0.801. The fraction of sp³-hybridized carbons (Fsp3) is 0.714. The molecule has 0 aliphatic heterocycles. The van der Waals surface area contributed by atoms with Crippen molar-refractivity contribution in [1.29, 1.82) is 0 Å². The summed E-state index contributed by atoms with van der Waals surface area (Å²) < 4.78 is 0. The van der Waals surface area contributed by atoms with Gasteiger partial charge < -0.3 is 5.32 Å². The Morgan fingerprint density at radius 3 is 2.61 bits per heavy atom. The van der Waals surface area contributed by atoms with Gasteiger partial charge in [0, 0.05) is 25.7 Å². The summed E-state index contributed by atoms with van der Waals surface area (Å²) in [4.78, 5) is 11.5. The van der Waals surface area contributed by atoms with E-state index in [0.717, 1.165) is 36.6 Å². The topological polar surface area (TPSA) is 41.1 Å². The summed E-state index contributed by atoms with van der Waals surface area (Å²) in [7, 11) is 0. The van der Waals surface area contributed by atoms with E-state index in [-0.39, 0.29) is 0 Å². The number of rotatable bonds is 7. The van der Waals surface area contributed by atoms with Crippen molar-refractivity contribution in [2.75, 3.05) is 18.4 Å². The van der Waals surface area contributed by atoms with Crippen molar-refractivity contribution in [1.82, 2.24) is 14.9 Å².